The highest BCUT2D eigenvalue weighted by Crippen LogP contribution is 2.25. The molecule has 32 heavy (non-hydrogen) atoms. The second-order valence-corrected chi connectivity index (χ2v) is 7.69. The summed E-state index contributed by atoms with van der Waals surface area (Å²) in [4.78, 5) is 42.8. The second kappa shape index (κ2) is 9.37. The Labute approximate surface area is 183 Å². The van der Waals surface area contributed by atoms with Gasteiger partial charge in [0, 0.05) is 39.1 Å². The summed E-state index contributed by atoms with van der Waals surface area (Å²) in [6.45, 7) is -1.17. The lowest BCUT2D eigenvalue weighted by Crippen LogP contribution is -2.54. The van der Waals surface area contributed by atoms with Gasteiger partial charge in [-0.15, -0.1) is 0 Å². The average molecular weight is 447 g/mol. The predicted octanol–water partition coefficient (Wildman–Crippen LogP) is 2.36. The van der Waals surface area contributed by atoms with Gasteiger partial charge in [0.1, 0.15) is 11.8 Å². The Bertz CT molecular complexity index is 956. The maximum atomic E-state index is 13.1. The van der Waals surface area contributed by atoms with Gasteiger partial charge in [-0.25, -0.2) is 0 Å². The van der Waals surface area contributed by atoms with Gasteiger partial charge in [0.15, 0.2) is 5.76 Å². The predicted molar refractivity (Wildman–Crippen MR) is 108 cm³/mol. The van der Waals surface area contributed by atoms with Crippen LogP contribution in [0, 0.1) is 0 Å². The molecule has 2 aromatic rings. The summed E-state index contributed by atoms with van der Waals surface area (Å²) in [7, 11) is 0. The Morgan fingerprint density at radius 1 is 1.06 bits per heavy atom. The van der Waals surface area contributed by atoms with E-state index in [2.05, 4.69) is 4.74 Å². The molecule has 0 bridgehead atoms. The molecule has 3 amide bonds. The number of amides is 3. The second-order valence-electron chi connectivity index (χ2n) is 7.69. The normalized spacial score (nSPS) is 19.0. The first kappa shape index (κ1) is 21.8. The monoisotopic (exact) mass is 447 g/mol. The van der Waals surface area contributed by atoms with Crippen molar-refractivity contribution in [1.29, 1.82) is 0 Å². The van der Waals surface area contributed by atoms with E-state index in [9.17, 15) is 23.2 Å². The number of carbonyl (C=O) groups excluding carboxylic acids is 3. The molecule has 2 aliphatic heterocycles. The number of piperazine rings is 1. The van der Waals surface area contributed by atoms with E-state index in [1.54, 1.807) is 34.1 Å². The van der Waals surface area contributed by atoms with E-state index in [0.29, 0.717) is 38.2 Å². The van der Waals surface area contributed by atoms with Crippen LogP contribution in [0.2, 0.25) is 0 Å². The van der Waals surface area contributed by atoms with Crippen molar-refractivity contribution in [2.75, 3.05) is 26.2 Å². The van der Waals surface area contributed by atoms with Crippen LogP contribution in [-0.4, -0.2) is 71.3 Å². The van der Waals surface area contributed by atoms with Crippen LogP contribution in [0.25, 0.3) is 0 Å². The molecule has 2 fully saturated rings. The molecule has 1 atom stereocenters. The van der Waals surface area contributed by atoms with Gasteiger partial charge >= 0.3 is 6.61 Å². The Hall–Kier alpha value is -3.43. The van der Waals surface area contributed by atoms with Gasteiger partial charge in [-0.2, -0.15) is 8.78 Å². The Morgan fingerprint density at radius 3 is 2.38 bits per heavy atom. The van der Waals surface area contributed by atoms with Crippen LogP contribution in [-0.2, 0) is 16.1 Å². The van der Waals surface area contributed by atoms with Crippen LogP contribution in [0.3, 0.4) is 0 Å². The Balaban J connectivity index is 1.35. The lowest BCUT2D eigenvalue weighted by molar-refractivity contribution is -0.142. The topological polar surface area (TPSA) is 83.3 Å². The first-order valence-corrected chi connectivity index (χ1v) is 10.4. The zero-order valence-corrected chi connectivity index (χ0v) is 17.3. The van der Waals surface area contributed by atoms with Crippen LogP contribution in [0.5, 0.6) is 5.75 Å². The molecule has 0 spiro atoms. The highest BCUT2D eigenvalue weighted by atomic mass is 19.3. The van der Waals surface area contributed by atoms with Gasteiger partial charge in [0.2, 0.25) is 11.8 Å². The summed E-state index contributed by atoms with van der Waals surface area (Å²) >= 11 is 0. The lowest BCUT2D eigenvalue weighted by atomic mass is 10.1. The molecule has 170 valence electrons. The minimum Gasteiger partial charge on any atom is -0.459 e. The van der Waals surface area contributed by atoms with Crippen molar-refractivity contribution in [2.24, 2.45) is 0 Å². The minimum absolute atomic E-state index is 0.0334. The van der Waals surface area contributed by atoms with Crippen molar-refractivity contribution < 1.29 is 32.3 Å². The number of likely N-dealkylation sites (tertiary alicyclic amines) is 1. The van der Waals surface area contributed by atoms with Crippen LogP contribution in [0.15, 0.2) is 47.1 Å². The zero-order chi connectivity index (χ0) is 22.7. The first-order valence-electron chi connectivity index (χ1n) is 10.4. The van der Waals surface area contributed by atoms with E-state index in [1.165, 1.54) is 23.3 Å². The number of hydrogen-bond donors (Lipinski definition) is 0. The molecular weight excluding hydrogens is 424 g/mol. The van der Waals surface area contributed by atoms with Gasteiger partial charge in [0.05, 0.1) is 6.26 Å². The Morgan fingerprint density at radius 2 is 1.75 bits per heavy atom. The largest absolute Gasteiger partial charge is 0.459 e. The number of benzene rings is 1. The van der Waals surface area contributed by atoms with Crippen LogP contribution in [0.1, 0.15) is 29.0 Å². The number of carbonyl (C=O) groups is 3. The summed E-state index contributed by atoms with van der Waals surface area (Å²) in [5, 5.41) is 0. The van der Waals surface area contributed by atoms with Gasteiger partial charge in [-0.1, -0.05) is 12.1 Å². The van der Waals surface area contributed by atoms with Crippen molar-refractivity contribution in [2.45, 2.75) is 32.0 Å². The van der Waals surface area contributed by atoms with E-state index in [4.69, 9.17) is 4.42 Å². The highest BCUT2D eigenvalue weighted by molar-refractivity contribution is 5.92. The van der Waals surface area contributed by atoms with Crippen LogP contribution >= 0.6 is 0 Å². The van der Waals surface area contributed by atoms with Crippen molar-refractivity contribution in [3.05, 3.63) is 54.0 Å². The molecule has 0 aliphatic carbocycles. The number of halogens is 2. The summed E-state index contributed by atoms with van der Waals surface area (Å²) in [6, 6.07) is 8.70. The standard InChI is InChI=1S/C22H23F2N3O5/c23-22(24)32-16-5-3-15(4-6-16)14-27-17(7-8-19(27)28)20(29)25-9-11-26(12-10-25)21(30)18-2-1-13-31-18/h1-6,13,17,22H,7-12,14H2/t17-/m0/s1. The van der Waals surface area contributed by atoms with Crippen LogP contribution < -0.4 is 4.74 Å². The third-order valence-electron chi connectivity index (χ3n) is 5.73. The molecule has 1 aromatic carbocycles. The van der Waals surface area contributed by atoms with E-state index in [1.807, 2.05) is 0 Å². The minimum atomic E-state index is -2.90. The van der Waals surface area contributed by atoms with Crippen LogP contribution in [0.4, 0.5) is 8.78 Å². The third kappa shape index (κ3) is 4.74. The Kier molecular flexibility index (Phi) is 6.38. The highest BCUT2D eigenvalue weighted by Gasteiger charge is 2.39. The molecule has 0 saturated carbocycles. The molecule has 10 heteroatoms. The molecular formula is C22H23F2N3O5. The van der Waals surface area contributed by atoms with Gasteiger partial charge in [0.25, 0.3) is 5.91 Å². The number of ether oxygens (including phenoxy) is 1. The van der Waals surface area contributed by atoms with Gasteiger partial charge < -0.3 is 23.9 Å². The first-order chi connectivity index (χ1) is 15.4. The molecule has 2 aliphatic rings. The molecule has 1 aromatic heterocycles. The molecule has 4 rings (SSSR count). The molecule has 8 nitrogen and oxygen atoms in total. The lowest BCUT2D eigenvalue weighted by Gasteiger charge is -2.37. The SMILES string of the molecule is O=C(c1ccco1)N1CCN(C(=O)[C@@H]2CCC(=O)N2Cc2ccc(OC(F)F)cc2)CC1. The van der Waals surface area contributed by atoms with Gasteiger partial charge in [-0.3, -0.25) is 14.4 Å². The van der Waals surface area contributed by atoms with Crippen molar-refractivity contribution in [1.82, 2.24) is 14.7 Å². The summed E-state index contributed by atoms with van der Waals surface area (Å²) in [5.74, 6) is -0.172. The van der Waals surface area contributed by atoms with Crippen molar-refractivity contribution in [3.63, 3.8) is 0 Å². The fourth-order valence-corrected chi connectivity index (χ4v) is 4.06. The van der Waals surface area contributed by atoms with E-state index >= 15 is 0 Å². The maximum absolute atomic E-state index is 13.1. The van der Waals surface area contributed by atoms with E-state index < -0.39 is 12.7 Å². The molecule has 3 heterocycles. The molecule has 0 N–H and O–H groups in total. The number of nitrogens with zero attached hydrogens (tertiary/aromatic N) is 3. The number of rotatable bonds is 6. The maximum Gasteiger partial charge on any atom is 0.387 e. The third-order valence-corrected chi connectivity index (χ3v) is 5.73. The average Bonchev–Trinajstić information content (AvgIpc) is 3.45. The fourth-order valence-electron chi connectivity index (χ4n) is 4.06. The molecule has 2 saturated heterocycles. The zero-order valence-electron chi connectivity index (χ0n) is 17.3. The summed E-state index contributed by atoms with van der Waals surface area (Å²) < 4.78 is 34.1. The number of alkyl halides is 2. The fraction of sp³-hybridized carbons (Fsp3) is 0.409. The van der Waals surface area contributed by atoms with Gasteiger partial charge in [-0.05, 0) is 36.2 Å². The number of furan rings is 1. The smallest absolute Gasteiger partial charge is 0.387 e. The summed E-state index contributed by atoms with van der Waals surface area (Å²) in [6.07, 6.45) is 2.15. The van der Waals surface area contributed by atoms with Crippen molar-refractivity contribution in [3.8, 4) is 5.75 Å². The van der Waals surface area contributed by atoms with Crippen molar-refractivity contribution >= 4 is 17.7 Å². The molecule has 0 unspecified atom stereocenters. The molecule has 0 radical (unpaired) electrons. The van der Waals surface area contributed by atoms with E-state index in [0.717, 1.165) is 0 Å². The number of hydrogen-bond acceptors (Lipinski definition) is 5. The van der Waals surface area contributed by atoms with E-state index in [-0.39, 0.29) is 42.2 Å². The quantitative estimate of drug-likeness (QED) is 0.679. The summed E-state index contributed by atoms with van der Waals surface area (Å²) in [5.41, 5.74) is 0.716.